The Morgan fingerprint density at radius 3 is 2.42 bits per heavy atom. The smallest absolute Gasteiger partial charge is 0.316 e. The molecule has 1 rings (SSSR count). The van der Waals surface area contributed by atoms with E-state index in [9.17, 15) is 21.6 Å². The monoisotopic (exact) mass is 296 g/mol. The zero-order valence-corrected chi connectivity index (χ0v) is 11.3. The molecule has 0 saturated heterocycles. The Morgan fingerprint density at radius 1 is 1.26 bits per heavy atom. The number of nitrogens with one attached hydrogen (secondary N) is 2. The minimum absolute atomic E-state index is 0.135. The zero-order valence-electron chi connectivity index (χ0n) is 10.5. The lowest BCUT2D eigenvalue weighted by atomic mass is 10.1. The molecule has 0 heterocycles. The zero-order chi connectivity index (χ0) is 14.7. The van der Waals surface area contributed by atoms with Crippen molar-refractivity contribution in [3.05, 3.63) is 29.3 Å². The summed E-state index contributed by atoms with van der Waals surface area (Å²) in [7, 11) is -2.47. The molecule has 108 valence electrons. The molecule has 0 aliphatic carbocycles. The summed E-state index contributed by atoms with van der Waals surface area (Å²) in [6, 6.07) is 4.50. The predicted molar refractivity (Wildman–Crippen MR) is 65.2 cm³/mol. The van der Waals surface area contributed by atoms with Crippen LogP contribution in [0.1, 0.15) is 11.1 Å². The van der Waals surface area contributed by atoms with Gasteiger partial charge in [0.05, 0.1) is 4.90 Å². The summed E-state index contributed by atoms with van der Waals surface area (Å²) in [6.07, 6.45) is -4.58. The minimum atomic E-state index is -4.58. The highest BCUT2D eigenvalue weighted by molar-refractivity contribution is 7.89. The van der Waals surface area contributed by atoms with E-state index in [1.807, 2.05) is 0 Å². The molecule has 0 unspecified atom stereocenters. The number of benzene rings is 1. The standard InChI is InChI=1S/C11H15F3N2O2S/c1-8-9(6-15-2)4-3-5-10(8)19(17,18)16-7-11(12,13)14/h3-5,15-16H,6-7H2,1-2H3. The Balaban J connectivity index is 3.05. The molecule has 4 nitrogen and oxygen atoms in total. The van der Waals surface area contributed by atoms with Crippen LogP contribution in [0, 0.1) is 6.92 Å². The molecular formula is C11H15F3N2O2S. The molecule has 0 radical (unpaired) electrons. The quantitative estimate of drug-likeness (QED) is 0.867. The average Bonchev–Trinajstić information content (AvgIpc) is 2.29. The summed E-state index contributed by atoms with van der Waals surface area (Å²) in [5.41, 5.74) is 1.16. The molecule has 8 heteroatoms. The first-order chi connectivity index (χ1) is 8.67. The number of halogens is 3. The molecule has 19 heavy (non-hydrogen) atoms. The molecule has 0 aromatic heterocycles. The lowest BCUT2D eigenvalue weighted by Gasteiger charge is -2.13. The van der Waals surface area contributed by atoms with E-state index < -0.39 is 22.7 Å². The molecule has 0 atom stereocenters. The van der Waals surface area contributed by atoms with E-state index >= 15 is 0 Å². The number of hydrogen-bond donors (Lipinski definition) is 2. The van der Waals surface area contributed by atoms with Gasteiger partial charge in [0, 0.05) is 6.54 Å². The van der Waals surface area contributed by atoms with Crippen LogP contribution >= 0.6 is 0 Å². The first-order valence-corrected chi connectivity index (χ1v) is 6.95. The van der Waals surface area contributed by atoms with E-state index in [0.717, 1.165) is 5.56 Å². The van der Waals surface area contributed by atoms with Gasteiger partial charge in [-0.25, -0.2) is 13.1 Å². The molecule has 0 aliphatic rings. The second-order valence-electron chi connectivity index (χ2n) is 4.01. The van der Waals surface area contributed by atoms with Gasteiger partial charge in [0.2, 0.25) is 10.0 Å². The SMILES string of the molecule is CNCc1cccc(S(=O)(=O)NCC(F)(F)F)c1C. The van der Waals surface area contributed by atoms with Gasteiger partial charge in [-0.1, -0.05) is 12.1 Å². The summed E-state index contributed by atoms with van der Waals surface area (Å²) in [6.45, 7) is 0.425. The van der Waals surface area contributed by atoms with Gasteiger partial charge >= 0.3 is 6.18 Å². The van der Waals surface area contributed by atoms with E-state index in [4.69, 9.17) is 0 Å². The third-order valence-electron chi connectivity index (χ3n) is 2.52. The third-order valence-corrected chi connectivity index (χ3v) is 4.06. The van der Waals surface area contributed by atoms with Gasteiger partial charge in [0.15, 0.2) is 0 Å². The Kier molecular flexibility index (Phi) is 4.94. The second-order valence-corrected chi connectivity index (χ2v) is 5.75. The molecule has 0 saturated carbocycles. The largest absolute Gasteiger partial charge is 0.402 e. The lowest BCUT2D eigenvalue weighted by molar-refractivity contribution is -0.121. The van der Waals surface area contributed by atoms with Crippen LogP contribution in [0.15, 0.2) is 23.1 Å². The highest BCUT2D eigenvalue weighted by Gasteiger charge is 2.30. The first-order valence-electron chi connectivity index (χ1n) is 5.47. The van der Waals surface area contributed by atoms with Crippen molar-refractivity contribution in [2.24, 2.45) is 0 Å². The van der Waals surface area contributed by atoms with Crippen LogP contribution in [-0.2, 0) is 16.6 Å². The number of sulfonamides is 1. The fraction of sp³-hybridized carbons (Fsp3) is 0.455. The summed E-state index contributed by atoms with van der Waals surface area (Å²) in [5.74, 6) is 0. The maximum atomic E-state index is 12.1. The lowest BCUT2D eigenvalue weighted by Crippen LogP contribution is -2.34. The van der Waals surface area contributed by atoms with Gasteiger partial charge < -0.3 is 5.32 Å². The van der Waals surface area contributed by atoms with Crippen LogP contribution in [0.2, 0.25) is 0 Å². The molecular weight excluding hydrogens is 281 g/mol. The van der Waals surface area contributed by atoms with E-state index in [1.165, 1.54) is 12.1 Å². The predicted octanol–water partition coefficient (Wildman–Crippen LogP) is 1.56. The molecule has 0 spiro atoms. The van der Waals surface area contributed by atoms with Gasteiger partial charge in [-0.2, -0.15) is 13.2 Å². The summed E-state index contributed by atoms with van der Waals surface area (Å²) >= 11 is 0. The van der Waals surface area contributed by atoms with Crippen LogP contribution in [0.25, 0.3) is 0 Å². The van der Waals surface area contributed by atoms with Crippen molar-refractivity contribution in [1.82, 2.24) is 10.0 Å². The Labute approximate surface area is 110 Å². The van der Waals surface area contributed by atoms with E-state index in [1.54, 1.807) is 24.8 Å². The molecule has 0 bridgehead atoms. The topological polar surface area (TPSA) is 58.2 Å². The average molecular weight is 296 g/mol. The summed E-state index contributed by atoms with van der Waals surface area (Å²) < 4.78 is 61.4. The van der Waals surface area contributed by atoms with E-state index in [0.29, 0.717) is 12.1 Å². The Hall–Kier alpha value is -1.12. The molecule has 1 aromatic carbocycles. The van der Waals surface area contributed by atoms with Crippen LogP contribution in [0.5, 0.6) is 0 Å². The molecule has 1 aromatic rings. The van der Waals surface area contributed by atoms with Crippen LogP contribution in [0.3, 0.4) is 0 Å². The van der Waals surface area contributed by atoms with Gasteiger partial charge in [0.25, 0.3) is 0 Å². The van der Waals surface area contributed by atoms with Crippen molar-refractivity contribution in [2.75, 3.05) is 13.6 Å². The van der Waals surface area contributed by atoms with Crippen molar-refractivity contribution >= 4 is 10.0 Å². The maximum Gasteiger partial charge on any atom is 0.402 e. The van der Waals surface area contributed by atoms with Crippen molar-refractivity contribution in [3.8, 4) is 0 Å². The van der Waals surface area contributed by atoms with Crippen LogP contribution < -0.4 is 10.0 Å². The van der Waals surface area contributed by atoms with Gasteiger partial charge in [-0.15, -0.1) is 0 Å². The van der Waals surface area contributed by atoms with Crippen molar-refractivity contribution in [1.29, 1.82) is 0 Å². The summed E-state index contributed by atoms with van der Waals surface area (Å²) in [5, 5.41) is 2.86. The van der Waals surface area contributed by atoms with Crippen molar-refractivity contribution < 1.29 is 21.6 Å². The van der Waals surface area contributed by atoms with E-state index in [2.05, 4.69) is 5.32 Å². The van der Waals surface area contributed by atoms with Crippen LogP contribution in [-0.4, -0.2) is 28.2 Å². The third kappa shape index (κ3) is 4.48. The van der Waals surface area contributed by atoms with Gasteiger partial charge in [-0.3, -0.25) is 0 Å². The minimum Gasteiger partial charge on any atom is -0.316 e. The number of hydrogen-bond acceptors (Lipinski definition) is 3. The number of alkyl halides is 3. The fourth-order valence-corrected chi connectivity index (χ4v) is 2.89. The van der Waals surface area contributed by atoms with Gasteiger partial charge in [-0.05, 0) is 31.2 Å². The van der Waals surface area contributed by atoms with E-state index in [-0.39, 0.29) is 4.90 Å². The Morgan fingerprint density at radius 2 is 1.89 bits per heavy atom. The highest BCUT2D eigenvalue weighted by Crippen LogP contribution is 2.20. The summed E-state index contributed by atoms with van der Waals surface area (Å²) in [4.78, 5) is -0.135. The Bertz CT molecular complexity index is 541. The number of rotatable bonds is 5. The van der Waals surface area contributed by atoms with Gasteiger partial charge in [0.1, 0.15) is 6.54 Å². The molecule has 0 amide bonds. The normalized spacial score (nSPS) is 12.7. The van der Waals surface area contributed by atoms with Crippen LogP contribution in [0.4, 0.5) is 13.2 Å². The maximum absolute atomic E-state index is 12.1. The first kappa shape index (κ1) is 15.9. The molecule has 2 N–H and O–H groups in total. The fourth-order valence-electron chi connectivity index (χ4n) is 1.59. The van der Waals surface area contributed by atoms with Crippen molar-refractivity contribution in [2.45, 2.75) is 24.5 Å². The second kappa shape index (κ2) is 5.89. The molecule has 0 aliphatic heterocycles. The van der Waals surface area contributed by atoms with Crippen molar-refractivity contribution in [3.63, 3.8) is 0 Å². The molecule has 0 fully saturated rings. The highest BCUT2D eigenvalue weighted by atomic mass is 32.2.